The lowest BCUT2D eigenvalue weighted by molar-refractivity contribution is -0.142. The molecule has 0 unspecified atom stereocenters. The van der Waals surface area contributed by atoms with Crippen molar-refractivity contribution >= 4 is 11.6 Å². The number of benzene rings is 2. The number of rotatable bonds is 3. The van der Waals surface area contributed by atoms with E-state index in [4.69, 9.17) is 4.74 Å². The summed E-state index contributed by atoms with van der Waals surface area (Å²) in [6.45, 7) is 2.61. The Kier molecular flexibility index (Phi) is 4.55. The van der Waals surface area contributed by atoms with Crippen LogP contribution in [0.15, 0.2) is 53.6 Å². The summed E-state index contributed by atoms with van der Waals surface area (Å²) in [6.07, 6.45) is 1.56. The van der Waals surface area contributed by atoms with Crippen LogP contribution < -0.4 is 0 Å². The van der Waals surface area contributed by atoms with E-state index < -0.39 is 12.1 Å². The minimum absolute atomic E-state index is 0.183. The Morgan fingerprint density at radius 3 is 2.65 bits per heavy atom. The molecule has 2 heterocycles. The third kappa shape index (κ3) is 3.15. The number of aryl methyl sites for hydroxylation is 1. The number of hydrazone groups is 1. The van der Waals surface area contributed by atoms with Crippen molar-refractivity contribution in [2.24, 2.45) is 5.10 Å². The first-order chi connectivity index (χ1) is 12.6. The fraction of sp³-hybridized carbons (Fsp3) is 0.333. The number of halogens is 1. The van der Waals surface area contributed by atoms with Gasteiger partial charge in [-0.1, -0.05) is 48.0 Å². The highest BCUT2D eigenvalue weighted by Crippen LogP contribution is 2.35. The Bertz CT molecular complexity index is 841. The molecule has 2 aliphatic heterocycles. The Labute approximate surface area is 152 Å². The zero-order valence-corrected chi connectivity index (χ0v) is 14.7. The van der Waals surface area contributed by atoms with Crippen LogP contribution in [0.3, 0.4) is 0 Å². The number of hydrogen-bond donors (Lipinski definition) is 0. The van der Waals surface area contributed by atoms with Gasteiger partial charge in [-0.3, -0.25) is 4.79 Å². The molecule has 0 radical (unpaired) electrons. The third-order valence-electron chi connectivity index (χ3n) is 4.99. The van der Waals surface area contributed by atoms with Gasteiger partial charge in [-0.05, 0) is 31.4 Å². The molecule has 2 atom stereocenters. The van der Waals surface area contributed by atoms with E-state index in [1.807, 2.05) is 31.2 Å². The van der Waals surface area contributed by atoms with Crippen LogP contribution in [0.4, 0.5) is 4.39 Å². The molecule has 4 rings (SSSR count). The molecule has 0 spiro atoms. The number of carbonyl (C=O) groups excluding carboxylic acids is 1. The van der Waals surface area contributed by atoms with Gasteiger partial charge < -0.3 is 4.74 Å². The first kappa shape index (κ1) is 16.9. The van der Waals surface area contributed by atoms with Crippen molar-refractivity contribution in [3.63, 3.8) is 0 Å². The second kappa shape index (κ2) is 7.00. The summed E-state index contributed by atoms with van der Waals surface area (Å²) >= 11 is 0. The normalized spacial score (nSPS) is 22.5. The second-order valence-corrected chi connectivity index (χ2v) is 6.84. The van der Waals surface area contributed by atoms with Gasteiger partial charge in [0.1, 0.15) is 11.9 Å². The Balaban J connectivity index is 1.69. The molecule has 4 nitrogen and oxygen atoms in total. The predicted octanol–water partition coefficient (Wildman–Crippen LogP) is 3.99. The van der Waals surface area contributed by atoms with Gasteiger partial charge in [0.15, 0.2) is 0 Å². The van der Waals surface area contributed by atoms with Gasteiger partial charge in [-0.15, -0.1) is 0 Å². The van der Waals surface area contributed by atoms with Crippen LogP contribution in [-0.4, -0.2) is 29.3 Å². The fourth-order valence-electron chi connectivity index (χ4n) is 3.54. The van der Waals surface area contributed by atoms with E-state index in [0.717, 1.165) is 23.3 Å². The molecule has 2 aromatic rings. The molecule has 2 aliphatic rings. The molecule has 2 aromatic carbocycles. The van der Waals surface area contributed by atoms with Gasteiger partial charge in [0.05, 0.1) is 11.8 Å². The van der Waals surface area contributed by atoms with Gasteiger partial charge >= 0.3 is 0 Å². The summed E-state index contributed by atoms with van der Waals surface area (Å²) in [5.41, 5.74) is 3.40. The summed E-state index contributed by atoms with van der Waals surface area (Å²) in [5.74, 6) is -0.499. The number of hydrogen-bond acceptors (Lipinski definition) is 3. The van der Waals surface area contributed by atoms with Crippen LogP contribution in [0.5, 0.6) is 0 Å². The van der Waals surface area contributed by atoms with E-state index >= 15 is 0 Å². The molecule has 0 bridgehead atoms. The molecule has 26 heavy (non-hydrogen) atoms. The van der Waals surface area contributed by atoms with Gasteiger partial charge in [0.2, 0.25) is 0 Å². The van der Waals surface area contributed by atoms with Crippen molar-refractivity contribution in [1.29, 1.82) is 0 Å². The first-order valence-corrected chi connectivity index (χ1v) is 8.97. The van der Waals surface area contributed by atoms with Gasteiger partial charge in [-0.2, -0.15) is 5.10 Å². The maximum absolute atomic E-state index is 14.4. The molecule has 134 valence electrons. The minimum Gasteiger partial charge on any atom is -0.368 e. The van der Waals surface area contributed by atoms with Gasteiger partial charge in [0, 0.05) is 18.6 Å². The topological polar surface area (TPSA) is 41.9 Å². The lowest BCUT2D eigenvalue weighted by Gasteiger charge is -2.24. The Hall–Kier alpha value is -2.53. The molecular formula is C21H21FN2O2. The highest BCUT2D eigenvalue weighted by Gasteiger charge is 2.38. The molecule has 1 amide bonds. The minimum atomic E-state index is -0.481. The highest BCUT2D eigenvalue weighted by molar-refractivity contribution is 6.03. The van der Waals surface area contributed by atoms with Gasteiger partial charge in [-0.25, -0.2) is 9.40 Å². The molecule has 0 N–H and O–H groups in total. The smallest absolute Gasteiger partial charge is 0.272 e. The van der Waals surface area contributed by atoms with E-state index in [1.54, 1.807) is 18.2 Å². The number of amides is 1. The van der Waals surface area contributed by atoms with Crippen molar-refractivity contribution in [2.75, 3.05) is 6.61 Å². The molecule has 5 heteroatoms. The molecular weight excluding hydrogens is 331 g/mol. The summed E-state index contributed by atoms with van der Waals surface area (Å²) in [6, 6.07) is 14.2. The Morgan fingerprint density at radius 1 is 1.19 bits per heavy atom. The zero-order chi connectivity index (χ0) is 18.1. The lowest BCUT2D eigenvalue weighted by Crippen LogP contribution is -2.36. The highest BCUT2D eigenvalue weighted by atomic mass is 19.1. The van der Waals surface area contributed by atoms with Crippen LogP contribution in [0, 0.1) is 12.7 Å². The summed E-state index contributed by atoms with van der Waals surface area (Å²) in [4.78, 5) is 12.9. The average molecular weight is 352 g/mol. The summed E-state index contributed by atoms with van der Waals surface area (Å²) in [7, 11) is 0. The average Bonchev–Trinajstić information content (AvgIpc) is 3.32. The van der Waals surface area contributed by atoms with E-state index in [2.05, 4.69) is 5.10 Å². The first-order valence-electron chi connectivity index (χ1n) is 8.97. The monoisotopic (exact) mass is 352 g/mol. The lowest BCUT2D eigenvalue weighted by atomic mass is 9.97. The van der Waals surface area contributed by atoms with Crippen LogP contribution in [0.2, 0.25) is 0 Å². The van der Waals surface area contributed by atoms with E-state index in [1.165, 1.54) is 11.1 Å². The van der Waals surface area contributed by atoms with Crippen LogP contribution in [-0.2, 0) is 9.53 Å². The number of ether oxygens (including phenoxy) is 1. The molecule has 1 saturated heterocycles. The molecule has 0 saturated carbocycles. The fourth-order valence-corrected chi connectivity index (χ4v) is 3.54. The summed E-state index contributed by atoms with van der Waals surface area (Å²) < 4.78 is 20.0. The number of carbonyl (C=O) groups is 1. The van der Waals surface area contributed by atoms with Crippen molar-refractivity contribution in [2.45, 2.75) is 38.3 Å². The standard InChI is InChI=1S/C21H21FN2O2/c1-14-8-10-15(11-9-14)18-13-19(16-5-2-3-6-17(16)22)24(23-18)21(25)20-7-4-12-26-20/h2-3,5-6,8-11,19-20H,4,7,12-13H2,1H3/t19-,20-/m0/s1. The SMILES string of the molecule is Cc1ccc(C2=NN(C(=O)[C@@H]3CCCO3)[C@H](c3ccccc3F)C2)cc1. The van der Waals surface area contributed by atoms with Gasteiger partial charge in [0.25, 0.3) is 5.91 Å². The third-order valence-corrected chi connectivity index (χ3v) is 4.99. The van der Waals surface area contributed by atoms with Crippen molar-refractivity contribution < 1.29 is 13.9 Å². The van der Waals surface area contributed by atoms with Crippen LogP contribution >= 0.6 is 0 Å². The van der Waals surface area contributed by atoms with Crippen molar-refractivity contribution in [3.05, 3.63) is 71.0 Å². The van der Waals surface area contributed by atoms with E-state index in [0.29, 0.717) is 25.0 Å². The van der Waals surface area contributed by atoms with E-state index in [-0.39, 0.29) is 11.7 Å². The van der Waals surface area contributed by atoms with Crippen molar-refractivity contribution in [1.82, 2.24) is 5.01 Å². The predicted molar refractivity (Wildman–Crippen MR) is 97.3 cm³/mol. The quantitative estimate of drug-likeness (QED) is 0.838. The summed E-state index contributed by atoms with van der Waals surface area (Å²) in [5, 5.41) is 6.02. The largest absolute Gasteiger partial charge is 0.368 e. The van der Waals surface area contributed by atoms with Crippen LogP contribution in [0.1, 0.15) is 42.0 Å². The maximum atomic E-state index is 14.4. The second-order valence-electron chi connectivity index (χ2n) is 6.84. The molecule has 0 aliphatic carbocycles. The Morgan fingerprint density at radius 2 is 1.96 bits per heavy atom. The van der Waals surface area contributed by atoms with E-state index in [9.17, 15) is 9.18 Å². The van der Waals surface area contributed by atoms with Crippen molar-refractivity contribution in [3.8, 4) is 0 Å². The number of nitrogens with zero attached hydrogens (tertiary/aromatic N) is 2. The molecule has 0 aromatic heterocycles. The van der Waals surface area contributed by atoms with Crippen LogP contribution in [0.25, 0.3) is 0 Å². The zero-order valence-electron chi connectivity index (χ0n) is 14.7. The maximum Gasteiger partial charge on any atom is 0.272 e. The molecule has 1 fully saturated rings.